The summed E-state index contributed by atoms with van der Waals surface area (Å²) < 4.78 is 0. The van der Waals surface area contributed by atoms with Crippen molar-refractivity contribution < 1.29 is 0 Å². The molecule has 0 amide bonds. The van der Waals surface area contributed by atoms with Gasteiger partial charge >= 0.3 is 0 Å². The van der Waals surface area contributed by atoms with Crippen LogP contribution >= 0.6 is 48.0 Å². The van der Waals surface area contributed by atoms with Gasteiger partial charge in [-0.2, -0.15) is 0 Å². The normalized spacial score (nSPS) is 9.92. The summed E-state index contributed by atoms with van der Waals surface area (Å²) in [5.41, 5.74) is 0. The van der Waals surface area contributed by atoms with Gasteiger partial charge in [0.2, 0.25) is 0 Å². The van der Waals surface area contributed by atoms with Gasteiger partial charge in [-0.3, -0.25) is 0 Å². The molecule has 0 atom stereocenters. The summed E-state index contributed by atoms with van der Waals surface area (Å²) in [6.45, 7) is 31.8. The van der Waals surface area contributed by atoms with Crippen molar-refractivity contribution in [2.24, 2.45) is 0 Å². The van der Waals surface area contributed by atoms with E-state index in [9.17, 15) is 0 Å². The van der Waals surface area contributed by atoms with Crippen molar-refractivity contribution in [3.05, 3.63) is 0 Å². The maximum Gasteiger partial charge on any atom is -0.0533 e. The first-order valence-electron chi connectivity index (χ1n) is 34.4. The summed E-state index contributed by atoms with van der Waals surface area (Å²) in [6.07, 6.45) is 80.2. The second kappa shape index (κ2) is 112. The quantitative estimate of drug-likeness (QED) is 0.0421. The van der Waals surface area contributed by atoms with Crippen molar-refractivity contribution in [3.63, 3.8) is 0 Å². The van der Waals surface area contributed by atoms with Crippen LogP contribution in [-0.4, -0.2) is 0 Å². The Kier molecular flexibility index (Phi) is 144. The fourth-order valence-corrected chi connectivity index (χ4v) is 8.45. The van der Waals surface area contributed by atoms with Crippen molar-refractivity contribution in [1.82, 2.24) is 0 Å². The molecule has 0 aromatic heterocycles. The number of rotatable bonds is 49. The average Bonchev–Trinajstić information content (AvgIpc) is 3.38. The summed E-state index contributed by atoms with van der Waals surface area (Å²) in [5, 5.41) is 0. The van der Waals surface area contributed by atoms with Gasteiger partial charge in [0.15, 0.2) is 0 Å². The fraction of sp³-hybridized carbons (Fsp3) is 1.00. The second-order valence-corrected chi connectivity index (χ2v) is 21.8. The van der Waals surface area contributed by atoms with Crippen LogP contribution in [0, 0.1) is 0 Å². The Morgan fingerprint density at radius 3 is 0.167 bits per heavy atom. The third-order valence-corrected chi connectivity index (χ3v) is 13.7. The van der Waals surface area contributed by atoms with E-state index in [0.717, 1.165) is 0 Å². The van der Waals surface area contributed by atoms with Crippen LogP contribution in [0.3, 0.4) is 0 Å². The molecule has 0 heterocycles. The summed E-state index contributed by atoms with van der Waals surface area (Å²) in [6, 6.07) is 0. The first-order valence-corrected chi connectivity index (χ1v) is 34.4. The lowest BCUT2D eigenvalue weighted by atomic mass is 10.1. The van der Waals surface area contributed by atoms with Crippen LogP contribution in [0.2, 0.25) is 0 Å². The Labute approximate surface area is 500 Å². The molecule has 0 N–H and O–H groups in total. The largest absolute Gasteiger partial charge is 0.107 e. The van der Waals surface area contributed by atoms with Gasteiger partial charge < -0.3 is 0 Å². The maximum absolute atomic E-state index is 2.27. The third-order valence-electron chi connectivity index (χ3n) is 13.7. The number of hydrogen-bond donors (Lipinski definition) is 0. The van der Waals surface area contributed by atoms with Crippen LogP contribution in [-0.2, 0) is 0 Å². The molecule has 0 spiro atoms. The number of unbranched alkanes of at least 4 members (excludes halogenated alkanes) is 49. The van der Waals surface area contributed by atoms with Crippen LogP contribution in [0.5, 0.6) is 0 Å². The zero-order chi connectivity index (χ0) is 53.6. The topological polar surface area (TPSA) is 0 Å². The predicted molar refractivity (Wildman–Crippen MR) is 369 cm³/mol. The molecule has 0 radical (unpaired) electrons. The maximum atomic E-state index is 2.27. The van der Waals surface area contributed by atoms with Gasteiger partial charge in [-0.15, -0.1) is 48.0 Å². The van der Waals surface area contributed by atoms with Gasteiger partial charge in [0, 0.05) is 0 Å². The minimum absolute atomic E-state index is 0. The number of halogens is 2. The van der Waals surface area contributed by atoms with Gasteiger partial charge in [-0.05, 0) is 0 Å². The predicted octanol–water partition coefficient (Wildman–Crippen LogP) is 30.3. The highest BCUT2D eigenvalue weighted by molar-refractivity contribution is 14.0. The van der Waals surface area contributed by atoms with Crippen LogP contribution in [0.25, 0.3) is 0 Å². The summed E-state index contributed by atoms with van der Waals surface area (Å²) >= 11 is 0. The minimum atomic E-state index is 0. The molecule has 0 bridgehead atoms. The van der Waals surface area contributed by atoms with Crippen molar-refractivity contribution in [2.45, 2.75) is 456 Å². The molecule has 0 aliphatic heterocycles. The van der Waals surface area contributed by atoms with Crippen LogP contribution in [0.1, 0.15) is 456 Å². The van der Waals surface area contributed by atoms with E-state index in [-0.39, 0.29) is 48.0 Å². The highest BCUT2D eigenvalue weighted by atomic mass is 127. The van der Waals surface area contributed by atoms with E-state index in [1.807, 2.05) is 0 Å². The molecule has 0 fully saturated rings. The van der Waals surface area contributed by atoms with E-state index in [1.165, 1.54) is 360 Å². The molecule has 0 aliphatic carbocycles. The van der Waals surface area contributed by atoms with Crippen molar-refractivity contribution in [1.29, 1.82) is 0 Å². The molecule has 0 aromatic carbocycles. The van der Waals surface area contributed by atoms with Gasteiger partial charge in [0.1, 0.15) is 0 Å². The molecule has 0 aromatic rings. The summed E-state index contributed by atoms with van der Waals surface area (Å²) in [7, 11) is 0. The van der Waals surface area contributed by atoms with Crippen molar-refractivity contribution in [3.8, 4) is 0 Å². The first kappa shape index (κ1) is 92.8. The highest BCUT2D eigenvalue weighted by Gasteiger charge is 1.92. The molecular formula is C70H156I2. The Morgan fingerprint density at radius 1 is 0.0833 bits per heavy atom. The van der Waals surface area contributed by atoms with E-state index in [1.54, 1.807) is 0 Å². The monoisotopic (exact) mass is 1250 g/mol. The number of hydrogen-bond acceptors (Lipinski definition) is 0. The molecule has 72 heavy (non-hydrogen) atoms. The van der Waals surface area contributed by atoms with E-state index in [2.05, 4.69) is 96.9 Å². The molecular weight excluding hydrogens is 1090 g/mol. The van der Waals surface area contributed by atoms with Gasteiger partial charge in [0.05, 0.1) is 0 Å². The molecule has 0 aliphatic rings. The van der Waals surface area contributed by atoms with Crippen molar-refractivity contribution in [2.75, 3.05) is 0 Å². The lowest BCUT2D eigenvalue weighted by molar-refractivity contribution is 0.585. The highest BCUT2D eigenvalue weighted by Crippen LogP contribution is 2.12. The van der Waals surface area contributed by atoms with E-state index >= 15 is 0 Å². The lowest BCUT2D eigenvalue weighted by Gasteiger charge is -1.97. The van der Waals surface area contributed by atoms with Crippen molar-refractivity contribution >= 4 is 48.0 Å². The Balaban J connectivity index is -0.0000000915. The summed E-state index contributed by atoms with van der Waals surface area (Å²) in [5.74, 6) is 0. The molecule has 2 heteroatoms. The van der Waals surface area contributed by atoms with E-state index in [0.29, 0.717) is 0 Å². The van der Waals surface area contributed by atoms with E-state index in [4.69, 9.17) is 0 Å². The molecule has 0 nitrogen and oxygen atoms in total. The van der Waals surface area contributed by atoms with E-state index < -0.39 is 0 Å². The molecule has 450 valence electrons. The first-order chi connectivity index (χ1) is 34.4. The molecule has 0 saturated heterocycles. The van der Waals surface area contributed by atoms with Crippen LogP contribution in [0.4, 0.5) is 0 Å². The summed E-state index contributed by atoms with van der Waals surface area (Å²) in [4.78, 5) is 0. The molecule has 0 rings (SSSR count). The van der Waals surface area contributed by atoms with Crippen LogP contribution in [0.15, 0.2) is 0 Å². The Morgan fingerprint density at radius 2 is 0.125 bits per heavy atom. The van der Waals surface area contributed by atoms with Gasteiger partial charge in [-0.1, -0.05) is 456 Å². The third kappa shape index (κ3) is 139. The molecule has 0 unspecified atom stereocenters. The van der Waals surface area contributed by atoms with Gasteiger partial charge in [-0.25, -0.2) is 0 Å². The Bertz CT molecular complexity index is 450. The second-order valence-electron chi connectivity index (χ2n) is 21.8. The van der Waals surface area contributed by atoms with Gasteiger partial charge in [0.25, 0.3) is 0 Å². The van der Waals surface area contributed by atoms with Crippen LogP contribution < -0.4 is 0 Å². The zero-order valence-electron chi connectivity index (χ0n) is 54.4. The SMILES string of the molecule is CCCCCCCCCC.CCCCCCCCCC.CCCCCCCCCC.CCCCCCCCCC.CCCCCCCCCC.CCCCCCCCCC.CCCCCCCCCC.I.I. The smallest absolute Gasteiger partial charge is 0.0533 e. The zero-order valence-corrected chi connectivity index (χ0v) is 59.1. The average molecular weight is 1250 g/mol. The Hall–Kier alpha value is 1.46. The minimum Gasteiger partial charge on any atom is -0.107 e. The standard InChI is InChI=1S/7C10H22.2HI/c7*1-3-5-7-9-10-8-6-4-2;;/h7*3-10H2,1-2H3;2*1H. The fourth-order valence-electron chi connectivity index (χ4n) is 8.45. The lowest BCUT2D eigenvalue weighted by Crippen LogP contribution is -1.77. The molecule has 0 saturated carbocycles.